The van der Waals surface area contributed by atoms with Crippen molar-refractivity contribution < 1.29 is 18.9 Å². The SMILES string of the molecule is Br.CC[C@H]1CN2CCc3cc(OC)c(OC)cc3[C@@H]2C[C@@H]1C[C@H]1NCCc2cc(OC)c(OC)cc21. The molecule has 0 saturated carbocycles. The first-order chi connectivity index (χ1) is 17.1. The van der Waals surface area contributed by atoms with Gasteiger partial charge in [-0.1, -0.05) is 13.3 Å². The number of fused-ring (bicyclic) bond motifs is 4. The van der Waals surface area contributed by atoms with E-state index >= 15 is 0 Å². The van der Waals surface area contributed by atoms with Crippen molar-refractivity contribution in [3.63, 3.8) is 0 Å². The standard InChI is InChI=1S/C29H40N2O4.BrH/c1-6-18-17-31-10-8-20-14-27(33-3)29(35-5)16-23(20)25(31)12-21(18)11-24-22-15-28(34-4)26(32-2)13-19(22)7-9-30-24;/h13-16,18,21,24-25,30H,6-12,17H2,1-5H3;1H/t18-,21-,24+,25-;/m0./s1. The zero-order valence-corrected chi connectivity index (χ0v) is 24.0. The number of nitrogens with zero attached hydrogens (tertiary/aromatic N) is 1. The molecule has 1 N–H and O–H groups in total. The summed E-state index contributed by atoms with van der Waals surface area (Å²) < 4.78 is 22.5. The number of methoxy groups -OCH3 is 4. The second kappa shape index (κ2) is 11.6. The van der Waals surface area contributed by atoms with Crippen molar-refractivity contribution in [1.82, 2.24) is 10.2 Å². The van der Waals surface area contributed by atoms with E-state index in [4.69, 9.17) is 18.9 Å². The van der Waals surface area contributed by atoms with Gasteiger partial charge >= 0.3 is 0 Å². The van der Waals surface area contributed by atoms with Crippen molar-refractivity contribution in [2.75, 3.05) is 48.1 Å². The molecule has 5 rings (SSSR count). The van der Waals surface area contributed by atoms with E-state index < -0.39 is 0 Å². The van der Waals surface area contributed by atoms with E-state index in [2.05, 4.69) is 41.4 Å². The second-order valence-electron chi connectivity index (χ2n) is 10.2. The highest BCUT2D eigenvalue weighted by Crippen LogP contribution is 2.48. The third-order valence-electron chi connectivity index (χ3n) is 8.64. The van der Waals surface area contributed by atoms with Crippen molar-refractivity contribution in [2.45, 2.75) is 51.1 Å². The van der Waals surface area contributed by atoms with E-state index in [1.165, 1.54) is 41.6 Å². The van der Waals surface area contributed by atoms with Crippen molar-refractivity contribution in [1.29, 1.82) is 0 Å². The highest BCUT2D eigenvalue weighted by Gasteiger charge is 2.40. The Kier molecular flexibility index (Phi) is 8.74. The van der Waals surface area contributed by atoms with E-state index in [9.17, 15) is 0 Å². The Hall–Kier alpha value is -1.96. The Morgan fingerprint density at radius 3 is 2.00 bits per heavy atom. The number of rotatable bonds is 7. The Morgan fingerprint density at radius 1 is 0.806 bits per heavy atom. The molecular formula is C29H41BrN2O4. The van der Waals surface area contributed by atoms with E-state index in [1.807, 2.05) is 0 Å². The molecule has 36 heavy (non-hydrogen) atoms. The number of hydrogen-bond donors (Lipinski definition) is 1. The molecule has 1 saturated heterocycles. The summed E-state index contributed by atoms with van der Waals surface area (Å²) in [5.41, 5.74) is 5.60. The van der Waals surface area contributed by atoms with Gasteiger partial charge in [0.05, 0.1) is 28.4 Å². The summed E-state index contributed by atoms with van der Waals surface area (Å²) in [4.78, 5) is 2.72. The van der Waals surface area contributed by atoms with E-state index in [1.54, 1.807) is 28.4 Å². The molecule has 0 bridgehead atoms. The minimum Gasteiger partial charge on any atom is -0.493 e. The number of ether oxygens (including phenoxy) is 4. The van der Waals surface area contributed by atoms with Crippen LogP contribution < -0.4 is 24.3 Å². The average molecular weight is 562 g/mol. The smallest absolute Gasteiger partial charge is 0.161 e. The maximum absolute atomic E-state index is 5.68. The highest BCUT2D eigenvalue weighted by molar-refractivity contribution is 8.93. The van der Waals surface area contributed by atoms with Gasteiger partial charge in [0, 0.05) is 25.2 Å². The molecule has 198 valence electrons. The number of halogens is 1. The van der Waals surface area contributed by atoms with Gasteiger partial charge in [0.25, 0.3) is 0 Å². The summed E-state index contributed by atoms with van der Waals surface area (Å²) in [6, 6.07) is 9.61. The van der Waals surface area contributed by atoms with Gasteiger partial charge in [-0.05, 0) is 90.6 Å². The normalized spacial score (nSPS) is 25.0. The minimum atomic E-state index is 0. The van der Waals surface area contributed by atoms with Crippen LogP contribution in [0.1, 0.15) is 60.5 Å². The summed E-state index contributed by atoms with van der Waals surface area (Å²) in [6.45, 7) is 5.66. The lowest BCUT2D eigenvalue weighted by atomic mass is 9.72. The molecule has 2 aromatic carbocycles. The number of benzene rings is 2. The first kappa shape index (κ1) is 27.1. The maximum Gasteiger partial charge on any atom is 0.161 e. The van der Waals surface area contributed by atoms with E-state index in [0.717, 1.165) is 55.4 Å². The Balaban J connectivity index is 0.00000304. The van der Waals surface area contributed by atoms with Gasteiger partial charge in [0.15, 0.2) is 23.0 Å². The van der Waals surface area contributed by atoms with Gasteiger partial charge < -0.3 is 24.3 Å². The van der Waals surface area contributed by atoms with Crippen LogP contribution in [-0.2, 0) is 12.8 Å². The predicted octanol–water partition coefficient (Wildman–Crippen LogP) is 5.52. The summed E-state index contributed by atoms with van der Waals surface area (Å²) in [5.74, 6) is 4.69. The average Bonchev–Trinajstić information content (AvgIpc) is 2.91. The molecule has 0 aliphatic carbocycles. The van der Waals surface area contributed by atoms with Crippen LogP contribution in [-0.4, -0.2) is 53.0 Å². The molecular weight excluding hydrogens is 520 g/mol. The molecule has 3 aliphatic rings. The monoisotopic (exact) mass is 560 g/mol. The Labute approximate surface area is 226 Å². The highest BCUT2D eigenvalue weighted by atomic mass is 79.9. The molecule has 3 heterocycles. The van der Waals surface area contributed by atoms with Crippen LogP contribution in [0.4, 0.5) is 0 Å². The molecule has 1 fully saturated rings. The number of nitrogens with one attached hydrogen (secondary N) is 1. The van der Waals surface area contributed by atoms with Gasteiger partial charge in [-0.15, -0.1) is 17.0 Å². The van der Waals surface area contributed by atoms with Crippen LogP contribution in [0.25, 0.3) is 0 Å². The third kappa shape index (κ3) is 4.94. The zero-order valence-electron chi connectivity index (χ0n) is 22.3. The third-order valence-corrected chi connectivity index (χ3v) is 8.64. The fourth-order valence-corrected chi connectivity index (χ4v) is 6.74. The minimum absolute atomic E-state index is 0. The maximum atomic E-state index is 5.68. The molecule has 2 aromatic rings. The number of hydrogen-bond acceptors (Lipinski definition) is 6. The molecule has 0 amide bonds. The molecule has 3 aliphatic heterocycles. The summed E-state index contributed by atoms with van der Waals surface area (Å²) in [7, 11) is 6.90. The molecule has 6 nitrogen and oxygen atoms in total. The molecule has 7 heteroatoms. The van der Waals surface area contributed by atoms with Gasteiger partial charge in [-0.25, -0.2) is 0 Å². The van der Waals surface area contributed by atoms with Gasteiger partial charge in [0.2, 0.25) is 0 Å². The van der Waals surface area contributed by atoms with Crippen LogP contribution in [0.3, 0.4) is 0 Å². The number of piperidine rings is 1. The van der Waals surface area contributed by atoms with E-state index in [0.29, 0.717) is 23.9 Å². The predicted molar refractivity (Wildman–Crippen MR) is 148 cm³/mol. The van der Waals surface area contributed by atoms with Crippen molar-refractivity contribution in [2.24, 2.45) is 11.8 Å². The summed E-state index contributed by atoms with van der Waals surface area (Å²) in [5, 5.41) is 3.83. The Morgan fingerprint density at radius 2 is 1.39 bits per heavy atom. The topological polar surface area (TPSA) is 52.2 Å². The first-order valence-corrected chi connectivity index (χ1v) is 13.1. The largest absolute Gasteiger partial charge is 0.493 e. The summed E-state index contributed by atoms with van der Waals surface area (Å²) >= 11 is 0. The second-order valence-corrected chi connectivity index (χ2v) is 10.2. The fourth-order valence-electron chi connectivity index (χ4n) is 6.74. The first-order valence-electron chi connectivity index (χ1n) is 13.1. The van der Waals surface area contributed by atoms with Crippen molar-refractivity contribution in [3.05, 3.63) is 46.5 Å². The lowest BCUT2D eigenvalue weighted by molar-refractivity contribution is 0.0434. The molecule has 0 spiro atoms. The molecule has 0 aromatic heterocycles. The lowest BCUT2D eigenvalue weighted by Crippen LogP contribution is -2.46. The van der Waals surface area contributed by atoms with Crippen LogP contribution in [0.5, 0.6) is 23.0 Å². The van der Waals surface area contributed by atoms with E-state index in [-0.39, 0.29) is 17.0 Å². The van der Waals surface area contributed by atoms with Crippen LogP contribution in [0.15, 0.2) is 24.3 Å². The molecule has 0 unspecified atom stereocenters. The zero-order chi connectivity index (χ0) is 24.5. The molecule has 4 atom stereocenters. The van der Waals surface area contributed by atoms with Crippen molar-refractivity contribution in [3.8, 4) is 23.0 Å². The van der Waals surface area contributed by atoms with Gasteiger partial charge in [-0.3, -0.25) is 4.90 Å². The Bertz CT molecular complexity index is 1060. The van der Waals surface area contributed by atoms with Crippen LogP contribution >= 0.6 is 17.0 Å². The summed E-state index contributed by atoms with van der Waals surface area (Å²) in [6.07, 6.45) is 5.65. The fraction of sp³-hybridized carbons (Fsp3) is 0.586. The lowest BCUT2D eigenvalue weighted by Gasteiger charge is -2.48. The van der Waals surface area contributed by atoms with Crippen LogP contribution in [0.2, 0.25) is 0 Å². The van der Waals surface area contributed by atoms with Crippen molar-refractivity contribution >= 4 is 17.0 Å². The quantitative estimate of drug-likeness (QED) is 0.481. The van der Waals surface area contributed by atoms with Crippen LogP contribution in [0, 0.1) is 11.8 Å². The molecule has 0 radical (unpaired) electrons. The van der Waals surface area contributed by atoms with Gasteiger partial charge in [0.1, 0.15) is 0 Å². The van der Waals surface area contributed by atoms with Gasteiger partial charge in [-0.2, -0.15) is 0 Å².